The maximum Gasteiger partial charge on any atom is 0.271 e. The van der Waals surface area contributed by atoms with Crippen LogP contribution in [0.4, 0.5) is 0 Å². The maximum absolute atomic E-state index is 12.9. The van der Waals surface area contributed by atoms with Crippen molar-refractivity contribution in [2.75, 3.05) is 18.8 Å². The molecule has 27 heavy (non-hydrogen) atoms. The van der Waals surface area contributed by atoms with Crippen molar-refractivity contribution in [3.63, 3.8) is 0 Å². The van der Waals surface area contributed by atoms with E-state index in [1.165, 1.54) is 11.3 Å². The summed E-state index contributed by atoms with van der Waals surface area (Å²) >= 11 is 1.45. The summed E-state index contributed by atoms with van der Waals surface area (Å²) in [5.74, 6) is -0.243. The van der Waals surface area contributed by atoms with Crippen LogP contribution in [0.5, 0.6) is 0 Å². The molecule has 1 aliphatic heterocycles. The van der Waals surface area contributed by atoms with Crippen LogP contribution in [0.3, 0.4) is 0 Å². The predicted molar refractivity (Wildman–Crippen MR) is 105 cm³/mol. The first-order valence-electron chi connectivity index (χ1n) is 8.70. The van der Waals surface area contributed by atoms with E-state index in [-0.39, 0.29) is 18.2 Å². The Hall–Kier alpha value is -2.45. The van der Waals surface area contributed by atoms with Crippen LogP contribution in [0.1, 0.15) is 27.0 Å². The van der Waals surface area contributed by atoms with Gasteiger partial charge in [0.15, 0.2) is 9.84 Å². The van der Waals surface area contributed by atoms with Crippen LogP contribution in [0, 0.1) is 0 Å². The van der Waals surface area contributed by atoms with E-state index in [1.54, 1.807) is 11.0 Å². The van der Waals surface area contributed by atoms with Gasteiger partial charge in [-0.05, 0) is 23.9 Å². The van der Waals surface area contributed by atoms with E-state index in [2.05, 4.69) is 10.2 Å². The van der Waals surface area contributed by atoms with Crippen LogP contribution in [-0.4, -0.2) is 48.3 Å². The number of nitrogens with zero attached hydrogens (tertiary/aromatic N) is 2. The second kappa shape index (κ2) is 7.28. The summed E-state index contributed by atoms with van der Waals surface area (Å²) in [7, 11) is -3.28. The summed E-state index contributed by atoms with van der Waals surface area (Å²) in [5.41, 5.74) is 1.99. The number of carbonyl (C=O) groups excluding carboxylic acids is 1. The smallest absolute Gasteiger partial charge is 0.271 e. The monoisotopic (exact) mass is 401 g/mol. The molecule has 0 spiro atoms. The van der Waals surface area contributed by atoms with Gasteiger partial charge in [0.1, 0.15) is 5.69 Å². The predicted octanol–water partition coefficient (Wildman–Crippen LogP) is 3.14. The quantitative estimate of drug-likeness (QED) is 0.731. The molecule has 1 saturated heterocycles. The molecular formula is C19H19N3O3S2. The largest absolute Gasteiger partial charge is 0.336 e. The van der Waals surface area contributed by atoms with Crippen molar-refractivity contribution in [3.8, 4) is 11.3 Å². The number of carbonyl (C=O) groups is 1. The molecule has 0 saturated carbocycles. The molecule has 1 atom stereocenters. The van der Waals surface area contributed by atoms with E-state index in [0.29, 0.717) is 24.4 Å². The number of hydrogen-bond donors (Lipinski definition) is 1. The Morgan fingerprint density at radius 1 is 1.15 bits per heavy atom. The van der Waals surface area contributed by atoms with Gasteiger partial charge in [0, 0.05) is 23.5 Å². The van der Waals surface area contributed by atoms with Crippen LogP contribution in [-0.2, 0) is 9.84 Å². The highest BCUT2D eigenvalue weighted by atomic mass is 32.2. The van der Waals surface area contributed by atoms with E-state index in [0.717, 1.165) is 10.4 Å². The Morgan fingerprint density at radius 2 is 1.96 bits per heavy atom. The molecule has 1 unspecified atom stereocenters. The first-order valence-corrected chi connectivity index (χ1v) is 11.3. The third-order valence-corrected chi connectivity index (χ3v) is 8.01. The van der Waals surface area contributed by atoms with E-state index < -0.39 is 15.1 Å². The summed E-state index contributed by atoms with van der Waals surface area (Å²) < 4.78 is 25.3. The minimum Gasteiger partial charge on any atom is -0.336 e. The van der Waals surface area contributed by atoms with E-state index in [9.17, 15) is 13.2 Å². The highest BCUT2D eigenvalue weighted by Gasteiger charge is 2.33. The molecular weight excluding hydrogens is 382 g/mol. The van der Waals surface area contributed by atoms with Crippen LogP contribution in [0.2, 0.25) is 0 Å². The fourth-order valence-corrected chi connectivity index (χ4v) is 6.30. The van der Waals surface area contributed by atoms with Crippen molar-refractivity contribution < 1.29 is 13.2 Å². The third-order valence-electron chi connectivity index (χ3n) is 4.77. The summed E-state index contributed by atoms with van der Waals surface area (Å²) in [6.45, 7) is 0.600. The second-order valence-corrected chi connectivity index (χ2v) is 9.77. The van der Waals surface area contributed by atoms with Crippen molar-refractivity contribution in [1.82, 2.24) is 15.1 Å². The van der Waals surface area contributed by atoms with Crippen LogP contribution in [0.15, 0.2) is 53.9 Å². The number of hydrogen-bond acceptors (Lipinski definition) is 5. The summed E-state index contributed by atoms with van der Waals surface area (Å²) in [6.07, 6.45) is 0.411. The van der Waals surface area contributed by atoms with Gasteiger partial charge in [0.05, 0.1) is 16.7 Å². The number of nitrogens with one attached hydrogen (secondary N) is 1. The molecule has 8 heteroatoms. The Labute approximate surface area is 161 Å². The molecule has 0 aliphatic carbocycles. The molecule has 1 aliphatic rings. The number of sulfone groups is 1. The summed E-state index contributed by atoms with van der Waals surface area (Å²) in [6, 6.07) is 15.0. The van der Waals surface area contributed by atoms with Crippen molar-refractivity contribution in [1.29, 1.82) is 0 Å². The summed E-state index contributed by atoms with van der Waals surface area (Å²) in [5, 5.41) is 8.37. The second-order valence-electron chi connectivity index (χ2n) is 6.48. The molecule has 2 aromatic heterocycles. The lowest BCUT2D eigenvalue weighted by atomic mass is 10.1. The van der Waals surface area contributed by atoms with Crippen molar-refractivity contribution in [2.24, 2.45) is 0 Å². The topological polar surface area (TPSA) is 83.1 Å². The lowest BCUT2D eigenvalue weighted by molar-refractivity contribution is 0.0760. The zero-order chi connectivity index (χ0) is 18.9. The average Bonchev–Trinajstić information content (AvgIpc) is 3.34. The summed E-state index contributed by atoms with van der Waals surface area (Å²) in [4.78, 5) is 15.3. The number of benzene rings is 1. The molecule has 0 radical (unpaired) electrons. The van der Waals surface area contributed by atoms with Gasteiger partial charge in [0.2, 0.25) is 0 Å². The van der Waals surface area contributed by atoms with Crippen LogP contribution in [0.25, 0.3) is 11.3 Å². The molecule has 6 nitrogen and oxygen atoms in total. The Bertz CT molecular complexity index is 1030. The molecule has 1 N–H and O–H groups in total. The van der Waals surface area contributed by atoms with Gasteiger partial charge in [-0.1, -0.05) is 36.4 Å². The molecule has 1 aromatic carbocycles. The van der Waals surface area contributed by atoms with Gasteiger partial charge < -0.3 is 4.90 Å². The lowest BCUT2D eigenvalue weighted by Gasteiger charge is -2.18. The van der Waals surface area contributed by atoms with E-state index in [1.807, 2.05) is 47.8 Å². The highest BCUT2D eigenvalue weighted by molar-refractivity contribution is 7.91. The maximum atomic E-state index is 12.9. The lowest BCUT2D eigenvalue weighted by Crippen LogP contribution is -2.33. The van der Waals surface area contributed by atoms with Gasteiger partial charge in [-0.15, -0.1) is 11.3 Å². The third kappa shape index (κ3) is 3.68. The molecule has 1 amide bonds. The zero-order valence-corrected chi connectivity index (χ0v) is 16.2. The first kappa shape index (κ1) is 17.9. The number of amides is 1. The number of H-pyrrole nitrogens is 1. The van der Waals surface area contributed by atoms with Crippen LogP contribution < -0.4 is 0 Å². The molecule has 3 heterocycles. The van der Waals surface area contributed by atoms with Gasteiger partial charge in [-0.25, -0.2) is 8.42 Å². The molecule has 3 aromatic rings. The number of thiophene rings is 1. The van der Waals surface area contributed by atoms with E-state index in [4.69, 9.17) is 0 Å². The van der Waals surface area contributed by atoms with Crippen molar-refractivity contribution >= 4 is 27.1 Å². The Morgan fingerprint density at radius 3 is 2.70 bits per heavy atom. The number of aromatic nitrogens is 2. The fourth-order valence-electron chi connectivity index (χ4n) is 3.30. The highest BCUT2D eigenvalue weighted by Crippen LogP contribution is 2.32. The number of rotatable bonds is 3. The normalized spacial score (nSPS) is 19.6. The first-order chi connectivity index (χ1) is 13.0. The number of aromatic amines is 1. The molecule has 4 rings (SSSR count). The molecule has 0 bridgehead atoms. The minimum absolute atomic E-state index is 0.0268. The zero-order valence-electron chi connectivity index (χ0n) is 14.5. The van der Waals surface area contributed by atoms with Crippen molar-refractivity contribution in [2.45, 2.75) is 11.7 Å². The van der Waals surface area contributed by atoms with Gasteiger partial charge in [-0.3, -0.25) is 9.89 Å². The van der Waals surface area contributed by atoms with Gasteiger partial charge in [0.25, 0.3) is 5.91 Å². The minimum atomic E-state index is -3.28. The molecule has 140 valence electrons. The van der Waals surface area contributed by atoms with E-state index >= 15 is 0 Å². The Balaban J connectivity index is 1.53. The standard InChI is InChI=1S/C19H19N3O3S2/c23-19(16-13-15(20-21-16)14-5-2-1-3-6-14)22-9-8-18(17-7-4-11-26-17)27(24,25)12-10-22/h1-7,11,13,18H,8-10,12H2,(H,20,21). The van der Waals surface area contributed by atoms with Crippen LogP contribution >= 0.6 is 11.3 Å². The van der Waals surface area contributed by atoms with Crippen molar-refractivity contribution in [3.05, 3.63) is 64.5 Å². The van der Waals surface area contributed by atoms with Gasteiger partial charge >= 0.3 is 0 Å². The van der Waals surface area contributed by atoms with Gasteiger partial charge in [-0.2, -0.15) is 5.10 Å². The Kier molecular flexibility index (Phi) is 4.84. The fraction of sp³-hybridized carbons (Fsp3) is 0.263. The SMILES string of the molecule is O=C(c1cc(-c2ccccc2)n[nH]1)N1CCC(c2cccs2)S(=O)(=O)CC1. The molecule has 1 fully saturated rings. The average molecular weight is 402 g/mol.